The maximum Gasteiger partial charge on any atom is 0.336 e. The van der Waals surface area contributed by atoms with Crippen LogP contribution in [0, 0.1) is 0 Å². The number of benzene rings is 1. The van der Waals surface area contributed by atoms with Crippen LogP contribution in [0.15, 0.2) is 57.9 Å². The molecule has 0 spiro atoms. The molecule has 0 radical (unpaired) electrons. The Balaban J connectivity index is 1.33. The summed E-state index contributed by atoms with van der Waals surface area (Å²) in [6, 6.07) is 11.9. The number of amides is 1. The fourth-order valence-corrected chi connectivity index (χ4v) is 3.25. The Bertz CT molecular complexity index is 1020. The number of rotatable bonds is 5. The van der Waals surface area contributed by atoms with Gasteiger partial charge in [0.2, 0.25) is 0 Å². The van der Waals surface area contributed by atoms with Crippen LogP contribution in [-0.2, 0) is 4.79 Å². The van der Waals surface area contributed by atoms with Gasteiger partial charge in [-0.25, -0.2) is 9.78 Å². The average Bonchev–Trinajstić information content (AvgIpc) is 2.73. The summed E-state index contributed by atoms with van der Waals surface area (Å²) in [5.74, 6) is 1.10. The highest BCUT2D eigenvalue weighted by atomic mass is 16.5. The van der Waals surface area contributed by atoms with Gasteiger partial charge in [-0.15, -0.1) is 0 Å². The van der Waals surface area contributed by atoms with Crippen LogP contribution in [0.2, 0.25) is 0 Å². The maximum absolute atomic E-state index is 12.1. The van der Waals surface area contributed by atoms with Gasteiger partial charge in [0.05, 0.1) is 11.9 Å². The summed E-state index contributed by atoms with van der Waals surface area (Å²) in [7, 11) is 0. The van der Waals surface area contributed by atoms with E-state index in [1.54, 1.807) is 30.5 Å². The summed E-state index contributed by atoms with van der Waals surface area (Å²) in [5, 5.41) is 3.56. The van der Waals surface area contributed by atoms with Crippen LogP contribution in [0.25, 0.3) is 11.0 Å². The first-order chi connectivity index (χ1) is 13.7. The summed E-state index contributed by atoms with van der Waals surface area (Å²) in [5.41, 5.74) is 0.615. The fourth-order valence-electron chi connectivity index (χ4n) is 3.25. The summed E-state index contributed by atoms with van der Waals surface area (Å²) >= 11 is 0. The molecule has 0 unspecified atom stereocenters. The molecule has 28 heavy (non-hydrogen) atoms. The lowest BCUT2D eigenvalue weighted by Gasteiger charge is -2.27. The predicted molar refractivity (Wildman–Crippen MR) is 107 cm³/mol. The number of ether oxygens (including phenoxy) is 1. The number of pyridine rings is 1. The minimum Gasteiger partial charge on any atom is -0.484 e. The Hall–Kier alpha value is -3.35. The number of aromatic nitrogens is 1. The van der Waals surface area contributed by atoms with Crippen LogP contribution in [-0.4, -0.2) is 30.6 Å². The molecule has 1 N–H and O–H groups in total. The van der Waals surface area contributed by atoms with Crippen LogP contribution in [0.4, 0.5) is 11.5 Å². The van der Waals surface area contributed by atoms with Crippen molar-refractivity contribution in [1.82, 2.24) is 4.98 Å². The van der Waals surface area contributed by atoms with Crippen LogP contribution in [0.5, 0.6) is 5.75 Å². The summed E-state index contributed by atoms with van der Waals surface area (Å²) in [6.07, 6.45) is 5.31. The van der Waals surface area contributed by atoms with E-state index in [1.165, 1.54) is 25.3 Å². The molecule has 0 bridgehead atoms. The van der Waals surface area contributed by atoms with Crippen LogP contribution in [0.1, 0.15) is 19.3 Å². The van der Waals surface area contributed by atoms with Crippen molar-refractivity contribution in [2.24, 2.45) is 0 Å². The third-order valence-corrected chi connectivity index (χ3v) is 4.68. The molecule has 1 aliphatic heterocycles. The van der Waals surface area contributed by atoms with Crippen molar-refractivity contribution < 1.29 is 13.9 Å². The number of anilines is 2. The van der Waals surface area contributed by atoms with Crippen molar-refractivity contribution in [2.75, 3.05) is 29.9 Å². The molecule has 7 nitrogen and oxygen atoms in total. The number of nitrogens with zero attached hydrogens (tertiary/aromatic N) is 2. The topological polar surface area (TPSA) is 84.7 Å². The minimum absolute atomic E-state index is 0.156. The molecule has 0 saturated carbocycles. The van der Waals surface area contributed by atoms with E-state index in [0.29, 0.717) is 17.0 Å². The van der Waals surface area contributed by atoms with Crippen molar-refractivity contribution in [3.63, 3.8) is 0 Å². The smallest absolute Gasteiger partial charge is 0.336 e. The van der Waals surface area contributed by atoms with Gasteiger partial charge in [0, 0.05) is 30.6 Å². The normalized spacial score (nSPS) is 14.1. The summed E-state index contributed by atoms with van der Waals surface area (Å²) in [4.78, 5) is 30.2. The molecule has 0 atom stereocenters. The Morgan fingerprint density at radius 1 is 1.11 bits per heavy atom. The Morgan fingerprint density at radius 2 is 1.93 bits per heavy atom. The van der Waals surface area contributed by atoms with Crippen molar-refractivity contribution in [2.45, 2.75) is 19.3 Å². The van der Waals surface area contributed by atoms with Crippen molar-refractivity contribution >= 4 is 28.4 Å². The van der Waals surface area contributed by atoms with Gasteiger partial charge >= 0.3 is 5.63 Å². The number of carbonyl (C=O) groups is 1. The molecule has 3 heterocycles. The lowest BCUT2D eigenvalue weighted by molar-refractivity contribution is -0.118. The molecular formula is C21H21N3O4. The highest BCUT2D eigenvalue weighted by Crippen LogP contribution is 2.20. The second-order valence-electron chi connectivity index (χ2n) is 6.74. The van der Waals surface area contributed by atoms with Gasteiger partial charge in [-0.2, -0.15) is 0 Å². The number of hydrogen-bond acceptors (Lipinski definition) is 6. The highest BCUT2D eigenvalue weighted by molar-refractivity contribution is 5.91. The zero-order valence-electron chi connectivity index (χ0n) is 15.4. The Morgan fingerprint density at radius 3 is 2.71 bits per heavy atom. The number of hydrogen-bond donors (Lipinski definition) is 1. The third-order valence-electron chi connectivity index (χ3n) is 4.68. The van der Waals surface area contributed by atoms with Gasteiger partial charge in [-0.1, -0.05) is 0 Å². The summed E-state index contributed by atoms with van der Waals surface area (Å²) in [6.45, 7) is 1.90. The van der Waals surface area contributed by atoms with Gasteiger partial charge in [0.25, 0.3) is 5.91 Å². The number of fused-ring (bicyclic) bond motifs is 1. The van der Waals surface area contributed by atoms with E-state index >= 15 is 0 Å². The van der Waals surface area contributed by atoms with E-state index in [-0.39, 0.29) is 12.5 Å². The van der Waals surface area contributed by atoms with Gasteiger partial charge in [0.1, 0.15) is 17.2 Å². The monoisotopic (exact) mass is 379 g/mol. The molecule has 3 aromatic rings. The molecule has 1 aliphatic rings. The van der Waals surface area contributed by atoms with E-state index in [9.17, 15) is 9.59 Å². The zero-order chi connectivity index (χ0) is 19.3. The second-order valence-corrected chi connectivity index (χ2v) is 6.74. The highest BCUT2D eigenvalue weighted by Gasteiger charge is 2.12. The SMILES string of the molecule is O=C(COc1ccc2ccc(=O)oc2c1)Nc1ccc(N2CCCCC2)nc1. The van der Waals surface area contributed by atoms with Crippen LogP contribution >= 0.6 is 0 Å². The lowest BCUT2D eigenvalue weighted by Crippen LogP contribution is -2.30. The Kier molecular flexibility index (Phi) is 5.23. The van der Waals surface area contributed by atoms with Crippen LogP contribution < -0.4 is 20.6 Å². The molecule has 1 aromatic carbocycles. The molecule has 2 aromatic heterocycles. The quantitative estimate of drug-likeness (QED) is 0.686. The van der Waals surface area contributed by atoms with E-state index in [1.807, 2.05) is 12.1 Å². The first-order valence-electron chi connectivity index (χ1n) is 9.35. The lowest BCUT2D eigenvalue weighted by atomic mass is 10.1. The van der Waals surface area contributed by atoms with E-state index < -0.39 is 5.63 Å². The van der Waals surface area contributed by atoms with E-state index in [0.717, 1.165) is 24.3 Å². The number of carbonyl (C=O) groups excluding carboxylic acids is 1. The zero-order valence-corrected chi connectivity index (χ0v) is 15.4. The molecule has 4 rings (SSSR count). The van der Waals surface area contributed by atoms with Crippen LogP contribution in [0.3, 0.4) is 0 Å². The second kappa shape index (κ2) is 8.12. The molecule has 0 aliphatic carbocycles. The van der Waals surface area contributed by atoms with Gasteiger partial charge in [0.15, 0.2) is 6.61 Å². The van der Waals surface area contributed by atoms with Gasteiger partial charge in [-0.05, 0) is 49.6 Å². The third kappa shape index (κ3) is 4.31. The van der Waals surface area contributed by atoms with Gasteiger partial charge in [-0.3, -0.25) is 4.79 Å². The predicted octanol–water partition coefficient (Wildman–Crippen LogP) is 3.20. The first kappa shape index (κ1) is 18.0. The average molecular weight is 379 g/mol. The standard InChI is InChI=1S/C21H21N3O4/c25-20(14-27-17-7-4-15-5-9-21(26)28-18(15)12-17)23-16-6-8-19(22-13-16)24-10-2-1-3-11-24/h4-9,12-13H,1-3,10-11,14H2,(H,23,25). The molecule has 7 heteroatoms. The van der Waals surface area contributed by atoms with E-state index in [4.69, 9.17) is 9.15 Å². The largest absolute Gasteiger partial charge is 0.484 e. The van der Waals surface area contributed by atoms with Crippen molar-refractivity contribution in [1.29, 1.82) is 0 Å². The maximum atomic E-state index is 12.1. The number of nitrogens with one attached hydrogen (secondary N) is 1. The first-order valence-corrected chi connectivity index (χ1v) is 9.35. The number of piperidine rings is 1. The molecule has 1 amide bonds. The minimum atomic E-state index is -0.428. The molecular weight excluding hydrogens is 358 g/mol. The van der Waals surface area contributed by atoms with Gasteiger partial charge < -0.3 is 19.4 Å². The van der Waals surface area contributed by atoms with E-state index in [2.05, 4.69) is 15.2 Å². The molecule has 144 valence electrons. The molecule has 1 fully saturated rings. The fraction of sp³-hybridized carbons (Fsp3) is 0.286. The summed E-state index contributed by atoms with van der Waals surface area (Å²) < 4.78 is 10.6. The Labute approximate surface area is 161 Å². The van der Waals surface area contributed by atoms with Crippen molar-refractivity contribution in [3.8, 4) is 5.75 Å². The van der Waals surface area contributed by atoms with Crippen molar-refractivity contribution in [3.05, 3.63) is 59.1 Å². The molecule has 1 saturated heterocycles.